The molecule has 0 amide bonds. The Bertz CT molecular complexity index is 784. The van der Waals surface area contributed by atoms with Crippen molar-refractivity contribution in [3.8, 4) is 0 Å². The van der Waals surface area contributed by atoms with E-state index in [9.17, 15) is 0 Å². The summed E-state index contributed by atoms with van der Waals surface area (Å²) in [5.41, 5.74) is 3.74. The van der Waals surface area contributed by atoms with Crippen LogP contribution in [-0.2, 0) is 20.0 Å². The van der Waals surface area contributed by atoms with Gasteiger partial charge in [-0.3, -0.25) is 4.68 Å². The first kappa shape index (κ1) is 14.5. The van der Waals surface area contributed by atoms with Gasteiger partial charge in [0.05, 0.1) is 23.9 Å². The number of imidazole rings is 1. The summed E-state index contributed by atoms with van der Waals surface area (Å²) in [6, 6.07) is 0. The third-order valence-electron chi connectivity index (χ3n) is 3.57. The van der Waals surface area contributed by atoms with E-state index in [2.05, 4.69) is 50.8 Å². The Morgan fingerprint density at radius 2 is 2.05 bits per heavy atom. The van der Waals surface area contributed by atoms with Gasteiger partial charge in [0.15, 0.2) is 17.0 Å². The van der Waals surface area contributed by atoms with Gasteiger partial charge >= 0.3 is 0 Å². The van der Waals surface area contributed by atoms with Crippen molar-refractivity contribution in [1.82, 2.24) is 29.3 Å². The van der Waals surface area contributed by atoms with Crippen molar-refractivity contribution in [2.75, 3.05) is 5.32 Å². The standard InChI is InChI=1S/C15H21N7/c1-5-12-11(6-19-22(12)7-10(2)3)20-14-13-15(17-8-16-14)21(4)9-18-13/h6,8-10H,5,7H2,1-4H3,(H,16,17,20). The van der Waals surface area contributed by atoms with Crippen LogP contribution in [0.1, 0.15) is 26.5 Å². The first-order chi connectivity index (χ1) is 10.6. The monoisotopic (exact) mass is 299 g/mol. The van der Waals surface area contributed by atoms with E-state index < -0.39 is 0 Å². The molecule has 0 bridgehead atoms. The van der Waals surface area contributed by atoms with Gasteiger partial charge in [0.25, 0.3) is 0 Å². The number of nitrogens with zero attached hydrogens (tertiary/aromatic N) is 6. The third kappa shape index (κ3) is 2.54. The highest BCUT2D eigenvalue weighted by Crippen LogP contribution is 2.24. The molecule has 0 saturated carbocycles. The second-order valence-corrected chi connectivity index (χ2v) is 5.81. The fraction of sp³-hybridized carbons (Fsp3) is 0.467. The lowest BCUT2D eigenvalue weighted by atomic mass is 10.2. The minimum atomic E-state index is 0.555. The number of hydrogen-bond acceptors (Lipinski definition) is 5. The molecular formula is C15H21N7. The molecule has 0 aromatic carbocycles. The number of aryl methyl sites for hydroxylation is 1. The number of rotatable bonds is 5. The molecule has 0 fully saturated rings. The van der Waals surface area contributed by atoms with Crippen LogP contribution in [0.3, 0.4) is 0 Å². The Labute approximate surface area is 129 Å². The van der Waals surface area contributed by atoms with Crippen LogP contribution in [0.5, 0.6) is 0 Å². The predicted octanol–water partition coefficient (Wildman–Crippen LogP) is 2.52. The van der Waals surface area contributed by atoms with E-state index in [0.717, 1.165) is 29.8 Å². The molecule has 1 N–H and O–H groups in total. The van der Waals surface area contributed by atoms with Gasteiger partial charge in [-0.15, -0.1) is 0 Å². The van der Waals surface area contributed by atoms with Crippen molar-refractivity contribution in [3.05, 3.63) is 24.5 Å². The molecule has 3 aromatic rings. The maximum Gasteiger partial charge on any atom is 0.165 e. The summed E-state index contributed by atoms with van der Waals surface area (Å²) in [7, 11) is 1.92. The molecule has 0 aliphatic heterocycles. The van der Waals surface area contributed by atoms with E-state index in [4.69, 9.17) is 0 Å². The predicted molar refractivity (Wildman–Crippen MR) is 86.0 cm³/mol. The van der Waals surface area contributed by atoms with Crippen molar-refractivity contribution in [2.24, 2.45) is 13.0 Å². The van der Waals surface area contributed by atoms with Gasteiger partial charge < -0.3 is 9.88 Å². The topological polar surface area (TPSA) is 73.5 Å². The van der Waals surface area contributed by atoms with Crippen LogP contribution in [0.2, 0.25) is 0 Å². The fourth-order valence-corrected chi connectivity index (χ4v) is 2.56. The maximum absolute atomic E-state index is 4.49. The Morgan fingerprint density at radius 1 is 1.23 bits per heavy atom. The summed E-state index contributed by atoms with van der Waals surface area (Å²) in [6.45, 7) is 7.43. The van der Waals surface area contributed by atoms with Crippen molar-refractivity contribution in [2.45, 2.75) is 33.7 Å². The molecule has 0 aliphatic rings. The summed E-state index contributed by atoms with van der Waals surface area (Å²) in [5.74, 6) is 1.27. The second-order valence-electron chi connectivity index (χ2n) is 5.81. The molecule has 0 atom stereocenters. The molecule has 3 aromatic heterocycles. The van der Waals surface area contributed by atoms with Crippen molar-refractivity contribution in [3.63, 3.8) is 0 Å². The summed E-state index contributed by atoms with van der Waals surface area (Å²) < 4.78 is 3.94. The zero-order valence-electron chi connectivity index (χ0n) is 13.4. The Kier molecular flexibility index (Phi) is 3.79. The summed E-state index contributed by atoms with van der Waals surface area (Å²) in [5, 5.41) is 7.86. The van der Waals surface area contributed by atoms with Crippen LogP contribution in [-0.4, -0.2) is 29.3 Å². The Balaban J connectivity index is 1.97. The molecule has 0 radical (unpaired) electrons. The smallest absolute Gasteiger partial charge is 0.165 e. The minimum Gasteiger partial charge on any atom is -0.335 e. The SMILES string of the molecule is CCc1c(Nc2ncnc3c2ncn3C)cnn1CC(C)C. The highest BCUT2D eigenvalue weighted by Gasteiger charge is 2.14. The van der Waals surface area contributed by atoms with Crippen LogP contribution in [0.15, 0.2) is 18.9 Å². The molecule has 22 heavy (non-hydrogen) atoms. The van der Waals surface area contributed by atoms with Crippen LogP contribution in [0, 0.1) is 5.92 Å². The minimum absolute atomic E-state index is 0.555. The van der Waals surface area contributed by atoms with Crippen molar-refractivity contribution >= 4 is 22.7 Å². The first-order valence-corrected chi connectivity index (χ1v) is 7.53. The van der Waals surface area contributed by atoms with Gasteiger partial charge in [0.2, 0.25) is 0 Å². The average Bonchev–Trinajstić information content (AvgIpc) is 3.04. The van der Waals surface area contributed by atoms with Crippen molar-refractivity contribution < 1.29 is 0 Å². The Hall–Kier alpha value is -2.44. The zero-order chi connectivity index (χ0) is 15.7. The third-order valence-corrected chi connectivity index (χ3v) is 3.57. The van der Waals surface area contributed by atoms with Gasteiger partial charge in [-0.25, -0.2) is 15.0 Å². The molecule has 7 nitrogen and oxygen atoms in total. The largest absolute Gasteiger partial charge is 0.335 e. The first-order valence-electron chi connectivity index (χ1n) is 7.53. The second kappa shape index (κ2) is 5.75. The molecule has 0 aliphatic carbocycles. The lowest BCUT2D eigenvalue weighted by Gasteiger charge is -2.11. The summed E-state index contributed by atoms with van der Waals surface area (Å²) in [6.07, 6.45) is 6.06. The fourth-order valence-electron chi connectivity index (χ4n) is 2.56. The van der Waals surface area contributed by atoms with Gasteiger partial charge in [0.1, 0.15) is 6.33 Å². The number of fused-ring (bicyclic) bond motifs is 1. The maximum atomic E-state index is 4.49. The average molecular weight is 299 g/mol. The highest BCUT2D eigenvalue weighted by molar-refractivity contribution is 5.85. The van der Waals surface area contributed by atoms with E-state index >= 15 is 0 Å². The van der Waals surface area contributed by atoms with Crippen LogP contribution in [0.4, 0.5) is 11.5 Å². The number of anilines is 2. The molecule has 0 unspecified atom stereocenters. The molecule has 3 rings (SSSR count). The Morgan fingerprint density at radius 3 is 2.77 bits per heavy atom. The lowest BCUT2D eigenvalue weighted by molar-refractivity contribution is 0.470. The number of hydrogen-bond donors (Lipinski definition) is 1. The quantitative estimate of drug-likeness (QED) is 0.783. The van der Waals surface area contributed by atoms with E-state index in [-0.39, 0.29) is 0 Å². The van der Waals surface area contributed by atoms with Crippen LogP contribution >= 0.6 is 0 Å². The lowest BCUT2D eigenvalue weighted by Crippen LogP contribution is -2.10. The molecule has 0 spiro atoms. The van der Waals surface area contributed by atoms with Crippen LogP contribution < -0.4 is 5.32 Å². The van der Waals surface area contributed by atoms with Gasteiger partial charge in [0, 0.05) is 13.6 Å². The summed E-state index contributed by atoms with van der Waals surface area (Å²) >= 11 is 0. The van der Waals surface area contributed by atoms with E-state index in [1.807, 2.05) is 17.8 Å². The molecule has 7 heteroatoms. The van der Waals surface area contributed by atoms with Gasteiger partial charge in [-0.2, -0.15) is 5.10 Å². The summed E-state index contributed by atoms with van der Waals surface area (Å²) in [4.78, 5) is 13.0. The van der Waals surface area contributed by atoms with Crippen LogP contribution in [0.25, 0.3) is 11.2 Å². The zero-order valence-corrected chi connectivity index (χ0v) is 13.4. The highest BCUT2D eigenvalue weighted by atomic mass is 15.3. The molecule has 116 valence electrons. The molecule has 0 saturated heterocycles. The van der Waals surface area contributed by atoms with Crippen molar-refractivity contribution in [1.29, 1.82) is 0 Å². The van der Waals surface area contributed by atoms with E-state index in [0.29, 0.717) is 11.7 Å². The number of nitrogens with one attached hydrogen (secondary N) is 1. The molecule has 3 heterocycles. The normalized spacial score (nSPS) is 11.5. The van der Waals surface area contributed by atoms with Gasteiger partial charge in [-0.05, 0) is 12.3 Å². The molecular weight excluding hydrogens is 278 g/mol. The van der Waals surface area contributed by atoms with E-state index in [1.54, 1.807) is 12.7 Å². The van der Waals surface area contributed by atoms with E-state index in [1.165, 1.54) is 5.69 Å². The number of aromatic nitrogens is 6. The van der Waals surface area contributed by atoms with Gasteiger partial charge in [-0.1, -0.05) is 20.8 Å².